The fraction of sp³-hybridized carbons (Fsp3) is 0.519. The second kappa shape index (κ2) is 17.1. The molecule has 19 heteroatoms. The number of aromatic amines is 1. The van der Waals surface area contributed by atoms with E-state index in [0.717, 1.165) is 28.1 Å². The molecule has 10 rings (SSSR count). The number of nitro benzene ring substituents is 1. The highest BCUT2D eigenvalue weighted by atomic mass is 32.2. The number of likely N-dealkylation sites (N-methyl/N-ethyl adjacent to an activating group) is 1. The second-order valence-corrected chi connectivity index (χ2v) is 22.3. The summed E-state index contributed by atoms with van der Waals surface area (Å²) in [5.74, 6) is -2.16. The van der Waals surface area contributed by atoms with E-state index in [1.165, 1.54) is 46.5 Å². The smallest absolute Gasteiger partial charge is 0.344 e. The van der Waals surface area contributed by atoms with E-state index in [9.17, 15) is 33.2 Å². The Labute approximate surface area is 412 Å². The zero-order chi connectivity index (χ0) is 50.6. The first-order chi connectivity index (χ1) is 33.8. The third-order valence-corrected chi connectivity index (χ3v) is 18.9. The first-order valence-electron chi connectivity index (χ1n) is 24.4. The van der Waals surface area contributed by atoms with Crippen molar-refractivity contribution in [2.75, 3.05) is 66.0 Å². The number of rotatable bonds is 11. The Balaban J connectivity index is 1.21. The highest BCUT2D eigenvalue weighted by Crippen LogP contribution is 2.68. The first kappa shape index (κ1) is 48.8. The van der Waals surface area contributed by atoms with Gasteiger partial charge in [0, 0.05) is 109 Å². The Kier molecular flexibility index (Phi) is 11.8. The molecule has 4 aromatic rings. The number of carbonyl (C=O) groups excluding carboxylic acids is 3. The van der Waals surface area contributed by atoms with Gasteiger partial charge in [-0.25, -0.2) is 17.9 Å². The number of methoxy groups -OCH3 is 3. The standard InChI is InChI=1S/C52H62N6O12S/c1-8-48(54-71(65,66)34-15-12-14-33(24-34)58(63)64)27-32-28-51(46(60)68-6,42-36(18-22-56(29-32)30-48)35-16-10-11-17-39(35)53-42)38-25-37-40(26-41(38)67-5)55(4)44-50(37)20-23-57-21-13-19-49(9-2,43(50)57)45(70-31(3)59)52(44,62)47(61)69-7/h10-17,19,24-26,32,43-45,53-54,62H,8-9,18,20-23,27-30H2,1-7H3/t32-,43+,44-,45-,48+,49-,50-,51+,52+/m1/s1. The van der Waals surface area contributed by atoms with Crippen LogP contribution in [0.1, 0.15) is 75.3 Å². The van der Waals surface area contributed by atoms with Gasteiger partial charge in [0.05, 0.1) is 37.2 Å². The lowest BCUT2D eigenvalue weighted by Gasteiger charge is -2.63. The van der Waals surface area contributed by atoms with Crippen LogP contribution >= 0.6 is 0 Å². The number of nitrogens with zero attached hydrogens (tertiary/aromatic N) is 4. The number of anilines is 1. The van der Waals surface area contributed by atoms with Crippen LogP contribution in [0.3, 0.4) is 0 Å². The number of esters is 3. The summed E-state index contributed by atoms with van der Waals surface area (Å²) in [5.41, 5.74) is -3.24. The van der Waals surface area contributed by atoms with Gasteiger partial charge >= 0.3 is 17.9 Å². The maximum Gasteiger partial charge on any atom is 0.344 e. The SMILES string of the molecule is CC[C@]1(NS(=O)(=O)c2cccc([N+](=O)[O-])c2)C[C@H]2CN(CCc3c([nH]c4ccccc34)[C@@](C(=O)OC)(c3cc4c(cc3OC)N(C)[C@H]3[C@@](O)(C(=O)OC)[C@H](OC(C)=O)[C@]5(CC)C=CCN6CC[C@]43[C@@H]65)C2)C1. The molecular weight excluding hydrogens is 933 g/mol. The summed E-state index contributed by atoms with van der Waals surface area (Å²) in [6.45, 7) is 7.71. The number of fused-ring (bicyclic) bond motifs is 6. The summed E-state index contributed by atoms with van der Waals surface area (Å²) in [5, 5.41) is 26.1. The molecule has 18 nitrogen and oxygen atoms in total. The van der Waals surface area contributed by atoms with Gasteiger partial charge in [-0.05, 0) is 80.3 Å². The lowest BCUT2D eigenvalue weighted by atomic mass is 9.47. The molecule has 6 heterocycles. The van der Waals surface area contributed by atoms with Crippen LogP contribution in [-0.4, -0.2) is 142 Å². The minimum atomic E-state index is -4.30. The Hall–Kier alpha value is -5.86. The van der Waals surface area contributed by atoms with Crippen LogP contribution in [0.25, 0.3) is 10.9 Å². The molecule has 1 aliphatic carbocycles. The summed E-state index contributed by atoms with van der Waals surface area (Å²) in [6.07, 6.45) is 4.85. The number of nitro groups is 1. The van der Waals surface area contributed by atoms with Crippen LogP contribution in [0.5, 0.6) is 5.75 Å². The summed E-state index contributed by atoms with van der Waals surface area (Å²) in [7, 11) is 1.64. The van der Waals surface area contributed by atoms with Gasteiger partial charge in [-0.15, -0.1) is 0 Å². The molecule has 3 fully saturated rings. The quantitative estimate of drug-likeness (QED) is 0.0599. The van der Waals surface area contributed by atoms with E-state index in [0.29, 0.717) is 87.5 Å². The molecule has 2 saturated heterocycles. The van der Waals surface area contributed by atoms with Crippen molar-refractivity contribution in [1.29, 1.82) is 0 Å². The molecule has 1 spiro atoms. The van der Waals surface area contributed by atoms with Gasteiger partial charge in [0.1, 0.15) is 11.2 Å². The maximum atomic E-state index is 15.7. The first-order valence-corrected chi connectivity index (χ1v) is 25.9. The van der Waals surface area contributed by atoms with E-state index in [-0.39, 0.29) is 22.9 Å². The number of piperidine rings is 1. The van der Waals surface area contributed by atoms with Crippen molar-refractivity contribution in [2.24, 2.45) is 11.3 Å². The van der Waals surface area contributed by atoms with Crippen molar-refractivity contribution in [1.82, 2.24) is 19.5 Å². The highest BCUT2D eigenvalue weighted by Gasteiger charge is 2.80. The Morgan fingerprint density at radius 2 is 1.72 bits per heavy atom. The van der Waals surface area contributed by atoms with Crippen molar-refractivity contribution < 1.29 is 51.8 Å². The van der Waals surface area contributed by atoms with Crippen molar-refractivity contribution in [2.45, 2.75) is 104 Å². The lowest BCUT2D eigenvalue weighted by Crippen LogP contribution is -2.81. The van der Waals surface area contributed by atoms with Crippen LogP contribution in [0.2, 0.25) is 0 Å². The molecule has 1 unspecified atom stereocenters. The molecule has 3 N–H and O–H groups in total. The van der Waals surface area contributed by atoms with Crippen LogP contribution < -0.4 is 14.4 Å². The molecule has 71 heavy (non-hydrogen) atoms. The minimum Gasteiger partial charge on any atom is -0.496 e. The molecule has 6 aliphatic rings. The predicted molar refractivity (Wildman–Crippen MR) is 262 cm³/mol. The number of hydrogen-bond acceptors (Lipinski definition) is 15. The van der Waals surface area contributed by atoms with E-state index >= 15 is 4.79 Å². The summed E-state index contributed by atoms with van der Waals surface area (Å²) in [4.78, 5) is 64.5. The minimum absolute atomic E-state index is 0.134. The fourth-order valence-corrected chi connectivity index (χ4v) is 16.3. The van der Waals surface area contributed by atoms with Crippen molar-refractivity contribution in [3.8, 4) is 5.75 Å². The monoisotopic (exact) mass is 994 g/mol. The molecule has 1 aromatic heterocycles. The number of ether oxygens (including phenoxy) is 4. The number of nitrogens with one attached hydrogen (secondary N) is 2. The van der Waals surface area contributed by atoms with Crippen LogP contribution in [0, 0.1) is 21.4 Å². The molecule has 378 valence electrons. The van der Waals surface area contributed by atoms with Gasteiger partial charge in [-0.2, -0.15) is 0 Å². The molecule has 1 saturated carbocycles. The van der Waals surface area contributed by atoms with E-state index in [1.54, 1.807) is 0 Å². The van der Waals surface area contributed by atoms with Gasteiger partial charge in [-0.1, -0.05) is 50.3 Å². The summed E-state index contributed by atoms with van der Waals surface area (Å²) in [6, 6.07) is 15.4. The number of non-ortho nitro benzene ring substituents is 1. The fourth-order valence-electron chi connectivity index (χ4n) is 14.8. The third kappa shape index (κ3) is 6.85. The van der Waals surface area contributed by atoms with E-state index < -0.39 is 78.4 Å². The molecule has 2 bridgehead atoms. The molecule has 5 aliphatic heterocycles. The van der Waals surface area contributed by atoms with Crippen molar-refractivity contribution in [3.05, 3.63) is 105 Å². The topological polar surface area (TPSA) is 223 Å². The van der Waals surface area contributed by atoms with Crippen LogP contribution in [0.4, 0.5) is 11.4 Å². The average molecular weight is 995 g/mol. The average Bonchev–Trinajstić information content (AvgIpc) is 4.02. The number of sulfonamides is 1. The number of carbonyl (C=O) groups is 3. The number of hydrogen-bond donors (Lipinski definition) is 3. The number of aliphatic hydroxyl groups is 1. The second-order valence-electron chi connectivity index (χ2n) is 20.6. The highest BCUT2D eigenvalue weighted by molar-refractivity contribution is 7.89. The van der Waals surface area contributed by atoms with Crippen molar-refractivity contribution >= 4 is 50.2 Å². The normalized spacial score (nSPS) is 32.8. The summed E-state index contributed by atoms with van der Waals surface area (Å²) < 4.78 is 55.8. The number of para-hydroxylation sites is 1. The zero-order valence-corrected chi connectivity index (χ0v) is 42.0. The molecule has 0 radical (unpaired) electrons. The zero-order valence-electron chi connectivity index (χ0n) is 41.2. The van der Waals surface area contributed by atoms with Crippen LogP contribution in [-0.2, 0) is 55.9 Å². The van der Waals surface area contributed by atoms with Gasteiger partial charge in [0.25, 0.3) is 5.69 Å². The molecule has 3 aromatic carbocycles. The van der Waals surface area contributed by atoms with Gasteiger partial charge < -0.3 is 38.8 Å². The van der Waals surface area contributed by atoms with Crippen LogP contribution in [0.15, 0.2) is 77.7 Å². The lowest BCUT2D eigenvalue weighted by molar-refractivity contribution is -0.385. The Morgan fingerprint density at radius 3 is 2.41 bits per heavy atom. The molecule has 10 atom stereocenters. The number of H-pyrrole nitrogens is 1. The van der Waals surface area contributed by atoms with Crippen molar-refractivity contribution in [3.63, 3.8) is 0 Å². The Bertz CT molecular complexity index is 3020. The third-order valence-electron chi connectivity index (χ3n) is 17.3. The van der Waals surface area contributed by atoms with E-state index in [4.69, 9.17) is 18.9 Å². The van der Waals surface area contributed by atoms with E-state index in [1.807, 2.05) is 74.3 Å². The Morgan fingerprint density at radius 1 is 0.958 bits per heavy atom. The molecule has 0 amide bonds. The predicted octanol–water partition coefficient (Wildman–Crippen LogP) is 4.89. The van der Waals surface area contributed by atoms with E-state index in [2.05, 4.69) is 19.5 Å². The van der Waals surface area contributed by atoms with Gasteiger partial charge in [0.2, 0.25) is 15.6 Å². The van der Waals surface area contributed by atoms with Gasteiger partial charge in [-0.3, -0.25) is 24.6 Å². The van der Waals surface area contributed by atoms with Gasteiger partial charge in [0.15, 0.2) is 6.10 Å². The number of benzene rings is 3. The largest absolute Gasteiger partial charge is 0.496 e. The maximum absolute atomic E-state index is 15.7. The number of aromatic nitrogens is 1. The summed E-state index contributed by atoms with van der Waals surface area (Å²) >= 11 is 0. The molecular formula is C52H62N6O12S.